The minimum absolute atomic E-state index is 0.0611. The van der Waals surface area contributed by atoms with E-state index in [0.29, 0.717) is 0 Å². The molecule has 0 radical (unpaired) electrons. The fourth-order valence-corrected chi connectivity index (χ4v) is 2.70. The van der Waals surface area contributed by atoms with Gasteiger partial charge >= 0.3 is 0 Å². The third-order valence-electron chi connectivity index (χ3n) is 2.71. The predicted molar refractivity (Wildman–Crippen MR) is 73.0 cm³/mol. The zero-order valence-corrected chi connectivity index (χ0v) is 11.2. The van der Waals surface area contributed by atoms with Gasteiger partial charge in [-0.3, -0.25) is 5.84 Å². The van der Waals surface area contributed by atoms with Crippen molar-refractivity contribution in [2.24, 2.45) is 5.84 Å². The summed E-state index contributed by atoms with van der Waals surface area (Å²) in [7, 11) is 3.31. The summed E-state index contributed by atoms with van der Waals surface area (Å²) in [4.78, 5) is 1.10. The third kappa shape index (κ3) is 2.64. The van der Waals surface area contributed by atoms with E-state index in [1.165, 1.54) is 0 Å². The van der Waals surface area contributed by atoms with E-state index in [0.717, 1.165) is 21.9 Å². The van der Waals surface area contributed by atoms with Crippen LogP contribution in [-0.4, -0.2) is 14.2 Å². The van der Waals surface area contributed by atoms with Gasteiger partial charge < -0.3 is 9.47 Å². The van der Waals surface area contributed by atoms with Gasteiger partial charge in [-0.1, -0.05) is 12.1 Å². The third-order valence-corrected chi connectivity index (χ3v) is 3.69. The van der Waals surface area contributed by atoms with Crippen LogP contribution in [-0.2, 0) is 0 Å². The lowest BCUT2D eigenvalue weighted by atomic mass is 10.1. The second-order valence-corrected chi connectivity index (χ2v) is 4.71. The quantitative estimate of drug-likeness (QED) is 0.643. The maximum absolute atomic E-state index is 5.65. The highest BCUT2D eigenvalue weighted by Gasteiger charge is 2.15. The highest BCUT2D eigenvalue weighted by Crippen LogP contribution is 2.31. The van der Waals surface area contributed by atoms with Crippen LogP contribution < -0.4 is 20.7 Å². The van der Waals surface area contributed by atoms with E-state index < -0.39 is 0 Å². The molecule has 0 fully saturated rings. The van der Waals surface area contributed by atoms with Crippen LogP contribution in [0.15, 0.2) is 35.7 Å². The number of methoxy groups -OCH3 is 2. The van der Waals surface area contributed by atoms with Crippen LogP contribution in [0, 0.1) is 0 Å². The molecule has 2 aromatic rings. The molecular weight excluding hydrogens is 248 g/mol. The Morgan fingerprint density at radius 3 is 2.56 bits per heavy atom. The van der Waals surface area contributed by atoms with Crippen molar-refractivity contribution in [3.63, 3.8) is 0 Å². The summed E-state index contributed by atoms with van der Waals surface area (Å²) < 4.78 is 10.4. The molecule has 1 aromatic carbocycles. The van der Waals surface area contributed by atoms with Crippen molar-refractivity contribution in [3.8, 4) is 11.5 Å². The van der Waals surface area contributed by atoms with Gasteiger partial charge in [-0.2, -0.15) is 0 Å². The number of benzene rings is 1. The smallest absolute Gasteiger partial charge is 0.129 e. The van der Waals surface area contributed by atoms with Crippen LogP contribution in [0.3, 0.4) is 0 Å². The highest BCUT2D eigenvalue weighted by molar-refractivity contribution is 7.10. The summed E-state index contributed by atoms with van der Waals surface area (Å²) in [6.07, 6.45) is 0. The largest absolute Gasteiger partial charge is 0.497 e. The van der Waals surface area contributed by atoms with Crippen molar-refractivity contribution in [1.29, 1.82) is 0 Å². The lowest BCUT2D eigenvalue weighted by molar-refractivity contribution is 0.413. The summed E-state index contributed by atoms with van der Waals surface area (Å²) in [5.41, 5.74) is 3.88. The van der Waals surface area contributed by atoms with Gasteiger partial charge in [0.05, 0.1) is 20.3 Å². The predicted octanol–water partition coefficient (Wildman–Crippen LogP) is 2.32. The summed E-state index contributed by atoms with van der Waals surface area (Å²) in [6.45, 7) is 0. The Hall–Kier alpha value is -1.56. The average Bonchev–Trinajstić information content (AvgIpc) is 2.88. The van der Waals surface area contributed by atoms with Crippen molar-refractivity contribution in [2.45, 2.75) is 6.04 Å². The van der Waals surface area contributed by atoms with Gasteiger partial charge in [-0.05, 0) is 23.8 Å². The summed E-state index contributed by atoms with van der Waals surface area (Å²) in [6, 6.07) is 9.76. The molecule has 18 heavy (non-hydrogen) atoms. The fraction of sp³-hybridized carbons (Fsp3) is 0.231. The summed E-state index contributed by atoms with van der Waals surface area (Å²) in [5, 5.41) is 1.96. The molecule has 2 rings (SSSR count). The van der Waals surface area contributed by atoms with Crippen molar-refractivity contribution in [1.82, 2.24) is 5.43 Å². The SMILES string of the molecule is COc1cccc(C(NN)c2cc(OC)cs2)c1. The zero-order valence-electron chi connectivity index (χ0n) is 10.3. The number of rotatable bonds is 5. The Morgan fingerprint density at radius 1 is 1.17 bits per heavy atom. The minimum Gasteiger partial charge on any atom is -0.497 e. The maximum atomic E-state index is 5.65. The van der Waals surface area contributed by atoms with E-state index in [-0.39, 0.29) is 6.04 Å². The summed E-state index contributed by atoms with van der Waals surface area (Å²) in [5.74, 6) is 7.32. The number of hydrogen-bond acceptors (Lipinski definition) is 5. The van der Waals surface area contributed by atoms with E-state index in [1.54, 1.807) is 25.6 Å². The van der Waals surface area contributed by atoms with Gasteiger partial charge in [0.15, 0.2) is 0 Å². The van der Waals surface area contributed by atoms with Crippen LogP contribution >= 0.6 is 11.3 Å². The first-order valence-electron chi connectivity index (χ1n) is 5.51. The fourth-order valence-electron chi connectivity index (χ4n) is 1.76. The first-order chi connectivity index (χ1) is 8.78. The molecule has 1 unspecified atom stereocenters. The van der Waals surface area contributed by atoms with Crippen LogP contribution in [0.2, 0.25) is 0 Å². The van der Waals surface area contributed by atoms with Crippen molar-refractivity contribution < 1.29 is 9.47 Å². The number of nitrogens with one attached hydrogen (secondary N) is 1. The molecule has 5 heteroatoms. The lowest BCUT2D eigenvalue weighted by Gasteiger charge is -2.15. The summed E-state index contributed by atoms with van der Waals surface area (Å²) >= 11 is 1.61. The molecule has 0 saturated carbocycles. The molecule has 0 bridgehead atoms. The number of hydrogen-bond donors (Lipinski definition) is 2. The Balaban J connectivity index is 2.32. The molecule has 0 aliphatic heterocycles. The lowest BCUT2D eigenvalue weighted by Crippen LogP contribution is -2.28. The molecule has 1 heterocycles. The second kappa shape index (κ2) is 5.86. The number of hydrazine groups is 1. The molecule has 0 amide bonds. The van der Waals surface area contributed by atoms with Crippen LogP contribution in [0.1, 0.15) is 16.5 Å². The molecular formula is C13H16N2O2S. The van der Waals surface area contributed by atoms with Gasteiger partial charge in [-0.25, -0.2) is 5.43 Å². The van der Waals surface area contributed by atoms with E-state index in [4.69, 9.17) is 15.3 Å². The molecule has 3 N–H and O–H groups in total. The normalized spacial score (nSPS) is 12.2. The van der Waals surface area contributed by atoms with Gasteiger partial charge in [0.2, 0.25) is 0 Å². The van der Waals surface area contributed by atoms with Gasteiger partial charge in [-0.15, -0.1) is 11.3 Å². The van der Waals surface area contributed by atoms with Gasteiger partial charge in [0.1, 0.15) is 11.5 Å². The Labute approximate surface area is 110 Å². The van der Waals surface area contributed by atoms with Gasteiger partial charge in [0.25, 0.3) is 0 Å². The van der Waals surface area contributed by atoms with Crippen molar-refractivity contribution in [2.75, 3.05) is 14.2 Å². The molecule has 96 valence electrons. The number of nitrogens with two attached hydrogens (primary N) is 1. The van der Waals surface area contributed by atoms with Crippen LogP contribution in [0.4, 0.5) is 0 Å². The Kier molecular flexibility index (Phi) is 4.19. The number of thiophene rings is 1. The number of ether oxygens (including phenoxy) is 2. The molecule has 0 saturated heterocycles. The van der Waals surface area contributed by atoms with E-state index in [2.05, 4.69) is 5.43 Å². The zero-order chi connectivity index (χ0) is 13.0. The first-order valence-corrected chi connectivity index (χ1v) is 6.39. The standard InChI is InChI=1S/C13H16N2O2S/c1-16-10-5-3-4-9(6-10)13(15-14)12-7-11(17-2)8-18-12/h3-8,13,15H,14H2,1-2H3. The molecule has 1 atom stereocenters. The van der Waals surface area contributed by atoms with E-state index in [9.17, 15) is 0 Å². The van der Waals surface area contributed by atoms with Gasteiger partial charge in [0, 0.05) is 10.3 Å². The Morgan fingerprint density at radius 2 is 1.94 bits per heavy atom. The topological polar surface area (TPSA) is 56.5 Å². The monoisotopic (exact) mass is 264 g/mol. The molecule has 0 aliphatic rings. The molecule has 4 nitrogen and oxygen atoms in total. The average molecular weight is 264 g/mol. The maximum Gasteiger partial charge on any atom is 0.129 e. The molecule has 0 aliphatic carbocycles. The highest BCUT2D eigenvalue weighted by atomic mass is 32.1. The Bertz CT molecular complexity index is 513. The van der Waals surface area contributed by atoms with Crippen LogP contribution in [0.5, 0.6) is 11.5 Å². The molecule has 1 aromatic heterocycles. The van der Waals surface area contributed by atoms with Crippen molar-refractivity contribution in [3.05, 3.63) is 46.2 Å². The first kappa shape index (κ1) is 12.9. The van der Waals surface area contributed by atoms with E-state index in [1.807, 2.05) is 35.7 Å². The minimum atomic E-state index is -0.0611. The second-order valence-electron chi connectivity index (χ2n) is 3.77. The van der Waals surface area contributed by atoms with Crippen molar-refractivity contribution >= 4 is 11.3 Å². The van der Waals surface area contributed by atoms with E-state index >= 15 is 0 Å². The molecule has 0 spiro atoms. The van der Waals surface area contributed by atoms with Crippen LogP contribution in [0.25, 0.3) is 0 Å².